The molecule has 1 amide bonds. The summed E-state index contributed by atoms with van der Waals surface area (Å²) in [4.78, 5) is 11.7. The highest BCUT2D eigenvalue weighted by molar-refractivity contribution is 6.33. The van der Waals surface area contributed by atoms with E-state index in [1.807, 2.05) is 0 Å². The van der Waals surface area contributed by atoms with Crippen LogP contribution < -0.4 is 11.1 Å². The molecular formula is C15H12ClFN2O. The molecule has 0 unspecified atom stereocenters. The van der Waals surface area contributed by atoms with Gasteiger partial charge < -0.3 is 11.1 Å². The maximum atomic E-state index is 13.0. The first kappa shape index (κ1) is 14.1. The summed E-state index contributed by atoms with van der Waals surface area (Å²) in [6.07, 6.45) is 2.87. The lowest BCUT2D eigenvalue weighted by molar-refractivity contribution is -0.111. The minimum absolute atomic E-state index is 0.0404. The molecular weight excluding hydrogens is 279 g/mol. The van der Waals surface area contributed by atoms with Crippen molar-refractivity contribution in [3.8, 4) is 0 Å². The maximum absolute atomic E-state index is 13.0. The summed E-state index contributed by atoms with van der Waals surface area (Å²) in [7, 11) is 0. The molecule has 2 rings (SSSR count). The van der Waals surface area contributed by atoms with Crippen LogP contribution in [-0.4, -0.2) is 5.91 Å². The van der Waals surface area contributed by atoms with Crippen LogP contribution in [-0.2, 0) is 4.79 Å². The van der Waals surface area contributed by atoms with E-state index < -0.39 is 5.82 Å². The van der Waals surface area contributed by atoms with Gasteiger partial charge in [0.05, 0.1) is 16.4 Å². The molecule has 5 heteroatoms. The van der Waals surface area contributed by atoms with Crippen molar-refractivity contribution in [1.82, 2.24) is 0 Å². The number of nitrogens with two attached hydrogens (primary N) is 1. The molecule has 3 nitrogen and oxygen atoms in total. The molecule has 0 bridgehead atoms. The van der Waals surface area contributed by atoms with Crippen LogP contribution in [0, 0.1) is 5.82 Å². The quantitative estimate of drug-likeness (QED) is 0.669. The summed E-state index contributed by atoms with van der Waals surface area (Å²) in [5, 5.41) is 3.10. The van der Waals surface area contributed by atoms with Crippen LogP contribution in [0.3, 0.4) is 0 Å². The summed E-state index contributed by atoms with van der Waals surface area (Å²) in [6.45, 7) is 0. The Balaban J connectivity index is 2.06. The first-order valence-electron chi connectivity index (χ1n) is 5.85. The topological polar surface area (TPSA) is 55.1 Å². The molecule has 0 aliphatic heterocycles. The highest BCUT2D eigenvalue weighted by atomic mass is 35.5. The molecule has 2 aromatic rings. The van der Waals surface area contributed by atoms with Crippen LogP contribution in [0.1, 0.15) is 5.56 Å². The first-order valence-corrected chi connectivity index (χ1v) is 6.22. The van der Waals surface area contributed by atoms with Crippen LogP contribution in [0.2, 0.25) is 5.02 Å². The number of nitrogen functional groups attached to an aromatic ring is 1. The molecule has 0 saturated heterocycles. The van der Waals surface area contributed by atoms with Crippen LogP contribution in [0.25, 0.3) is 6.08 Å². The number of rotatable bonds is 3. The first-order chi connectivity index (χ1) is 9.56. The number of hydrogen-bond donors (Lipinski definition) is 2. The van der Waals surface area contributed by atoms with Gasteiger partial charge in [0.1, 0.15) is 5.82 Å². The van der Waals surface area contributed by atoms with Gasteiger partial charge in [-0.25, -0.2) is 4.39 Å². The lowest BCUT2D eigenvalue weighted by Gasteiger charge is -2.03. The summed E-state index contributed by atoms with van der Waals surface area (Å²) < 4.78 is 13.0. The van der Waals surface area contributed by atoms with Gasteiger partial charge in [-0.15, -0.1) is 0 Å². The van der Waals surface area contributed by atoms with Crippen molar-refractivity contribution in [3.05, 3.63) is 64.9 Å². The van der Waals surface area contributed by atoms with Crippen molar-refractivity contribution in [3.63, 3.8) is 0 Å². The van der Waals surface area contributed by atoms with Crippen molar-refractivity contribution in [2.75, 3.05) is 11.1 Å². The van der Waals surface area contributed by atoms with Crippen LogP contribution >= 0.6 is 11.6 Å². The van der Waals surface area contributed by atoms with Gasteiger partial charge in [0.2, 0.25) is 5.91 Å². The minimum Gasteiger partial charge on any atom is -0.396 e. The van der Waals surface area contributed by atoms with E-state index >= 15 is 0 Å². The highest BCUT2D eigenvalue weighted by Gasteiger charge is 2.02. The van der Waals surface area contributed by atoms with E-state index in [-0.39, 0.29) is 11.6 Å². The molecule has 0 radical (unpaired) electrons. The van der Waals surface area contributed by atoms with E-state index in [1.54, 1.807) is 30.3 Å². The molecule has 0 aliphatic rings. The maximum Gasteiger partial charge on any atom is 0.248 e. The lowest BCUT2D eigenvalue weighted by Crippen LogP contribution is -2.07. The Kier molecular flexibility index (Phi) is 4.38. The number of halogens is 2. The number of anilines is 2. The van der Waals surface area contributed by atoms with Crippen molar-refractivity contribution in [2.24, 2.45) is 0 Å². The zero-order valence-electron chi connectivity index (χ0n) is 10.4. The average molecular weight is 291 g/mol. The smallest absolute Gasteiger partial charge is 0.248 e. The van der Waals surface area contributed by atoms with Gasteiger partial charge in [-0.3, -0.25) is 4.79 Å². The average Bonchev–Trinajstić information content (AvgIpc) is 2.43. The fraction of sp³-hybridized carbons (Fsp3) is 0. The fourth-order valence-corrected chi connectivity index (χ4v) is 1.76. The zero-order chi connectivity index (χ0) is 14.5. The van der Waals surface area contributed by atoms with Gasteiger partial charge in [-0.05, 0) is 35.9 Å². The van der Waals surface area contributed by atoms with Gasteiger partial charge in [0, 0.05) is 6.08 Å². The van der Waals surface area contributed by atoms with E-state index in [1.165, 1.54) is 24.3 Å². The highest BCUT2D eigenvalue weighted by Crippen LogP contribution is 2.20. The van der Waals surface area contributed by atoms with Gasteiger partial charge in [0.25, 0.3) is 0 Å². The van der Waals surface area contributed by atoms with Gasteiger partial charge >= 0.3 is 0 Å². The van der Waals surface area contributed by atoms with Crippen molar-refractivity contribution < 1.29 is 9.18 Å². The Labute approximate surface area is 120 Å². The second kappa shape index (κ2) is 6.21. The number of para-hydroxylation sites is 1. The monoisotopic (exact) mass is 290 g/mol. The molecule has 0 aliphatic carbocycles. The molecule has 3 N–H and O–H groups in total. The van der Waals surface area contributed by atoms with Crippen LogP contribution in [0.15, 0.2) is 48.5 Å². The normalized spacial score (nSPS) is 10.7. The van der Waals surface area contributed by atoms with E-state index in [2.05, 4.69) is 5.32 Å². The van der Waals surface area contributed by atoms with Crippen LogP contribution in [0.4, 0.5) is 15.8 Å². The number of amides is 1. The largest absolute Gasteiger partial charge is 0.396 e. The lowest BCUT2D eigenvalue weighted by atomic mass is 10.2. The third-order valence-electron chi connectivity index (χ3n) is 2.58. The number of nitrogens with one attached hydrogen (secondary N) is 1. The predicted molar refractivity (Wildman–Crippen MR) is 79.9 cm³/mol. The molecule has 102 valence electrons. The predicted octanol–water partition coefficient (Wildman–Crippen LogP) is 3.71. The Morgan fingerprint density at radius 3 is 2.70 bits per heavy atom. The summed E-state index contributed by atoms with van der Waals surface area (Å²) in [5.74, 6) is -0.816. The number of carbonyl (C=O) groups is 1. The fourth-order valence-electron chi connectivity index (χ4n) is 1.57. The zero-order valence-corrected chi connectivity index (χ0v) is 11.2. The third-order valence-corrected chi connectivity index (χ3v) is 2.91. The molecule has 0 saturated carbocycles. The van der Waals surface area contributed by atoms with Crippen LogP contribution in [0.5, 0.6) is 0 Å². The third kappa shape index (κ3) is 3.59. The number of benzene rings is 2. The van der Waals surface area contributed by atoms with Gasteiger partial charge in [-0.2, -0.15) is 0 Å². The van der Waals surface area contributed by atoms with E-state index in [0.717, 1.165) is 0 Å². The van der Waals surface area contributed by atoms with Crippen molar-refractivity contribution >= 4 is 35.0 Å². The molecule has 20 heavy (non-hydrogen) atoms. The van der Waals surface area contributed by atoms with Crippen molar-refractivity contribution in [2.45, 2.75) is 0 Å². The van der Waals surface area contributed by atoms with Gasteiger partial charge in [0.15, 0.2) is 0 Å². The summed E-state index contributed by atoms with van der Waals surface area (Å²) >= 11 is 5.93. The minimum atomic E-state index is -0.484. The van der Waals surface area contributed by atoms with Gasteiger partial charge in [-0.1, -0.05) is 29.8 Å². The van der Waals surface area contributed by atoms with E-state index in [0.29, 0.717) is 16.3 Å². The second-order valence-corrected chi connectivity index (χ2v) is 4.49. The SMILES string of the molecule is Nc1cc(/C=C/C(=O)Nc2ccccc2Cl)ccc1F. The number of carbonyl (C=O) groups excluding carboxylic acids is 1. The second-order valence-electron chi connectivity index (χ2n) is 4.08. The molecule has 2 aromatic carbocycles. The molecule has 0 fully saturated rings. The van der Waals surface area contributed by atoms with E-state index in [9.17, 15) is 9.18 Å². The molecule has 0 atom stereocenters. The molecule has 0 spiro atoms. The Bertz CT molecular complexity index is 671. The number of hydrogen-bond acceptors (Lipinski definition) is 2. The Morgan fingerprint density at radius 2 is 2.00 bits per heavy atom. The summed E-state index contributed by atoms with van der Waals surface area (Å²) in [5.41, 5.74) is 6.65. The van der Waals surface area contributed by atoms with E-state index in [4.69, 9.17) is 17.3 Å². The standard InChI is InChI=1S/C15H12ClFN2O/c16-11-3-1-2-4-14(11)19-15(20)8-6-10-5-7-12(17)13(18)9-10/h1-9H,18H2,(H,19,20)/b8-6+. The Hall–Kier alpha value is -2.33. The summed E-state index contributed by atoms with van der Waals surface area (Å²) in [6, 6.07) is 11.2. The van der Waals surface area contributed by atoms with Crippen molar-refractivity contribution in [1.29, 1.82) is 0 Å². The Morgan fingerprint density at radius 1 is 1.25 bits per heavy atom. The molecule has 0 aromatic heterocycles. The molecule has 0 heterocycles.